The molecule has 0 amide bonds. The number of ether oxygens (including phenoxy) is 1. The van der Waals surface area contributed by atoms with Crippen molar-refractivity contribution >= 4 is 11.6 Å². The van der Waals surface area contributed by atoms with Crippen LogP contribution < -0.4 is 15.2 Å². The largest absolute Gasteiger partial charge is 0.484 e. The van der Waals surface area contributed by atoms with E-state index in [4.69, 9.17) is 4.74 Å². The van der Waals surface area contributed by atoms with Gasteiger partial charge in [0.25, 0.3) is 0 Å². The molecule has 0 N–H and O–H groups in total. The molecule has 0 spiro atoms. The minimum atomic E-state index is -0.0815. The predicted octanol–water partition coefficient (Wildman–Crippen LogP) is 8.71. The Balaban J connectivity index is 1.17. The maximum absolute atomic E-state index is 7.06. The summed E-state index contributed by atoms with van der Waals surface area (Å²) in [6.45, 7) is 4.72. The van der Waals surface area contributed by atoms with E-state index in [1.807, 2.05) is 0 Å². The van der Waals surface area contributed by atoms with E-state index in [2.05, 4.69) is 166 Å². The number of fused-ring (bicyclic) bond motifs is 7. The van der Waals surface area contributed by atoms with Crippen LogP contribution in [0.1, 0.15) is 64.6 Å². The molecule has 2 atom stereocenters. The van der Waals surface area contributed by atoms with Crippen LogP contribution in [0.3, 0.4) is 0 Å². The quantitative estimate of drug-likeness (QED) is 0.190. The van der Waals surface area contributed by atoms with Crippen LogP contribution in [0.4, 0.5) is 0 Å². The number of hydrogen-bond acceptors (Lipinski definition) is 1. The van der Waals surface area contributed by atoms with E-state index < -0.39 is 0 Å². The highest BCUT2D eigenvalue weighted by atomic mass is 16.5. The Morgan fingerprint density at radius 1 is 0.578 bits per heavy atom. The first-order valence-electron chi connectivity index (χ1n) is 16.0. The van der Waals surface area contributed by atoms with Gasteiger partial charge in [-0.3, -0.25) is 0 Å². The van der Waals surface area contributed by atoms with Crippen LogP contribution in [0.15, 0.2) is 146 Å². The van der Waals surface area contributed by atoms with Gasteiger partial charge in [0, 0.05) is 28.4 Å². The molecule has 1 nitrogen and oxygen atoms in total. The number of rotatable bonds is 4. The lowest BCUT2D eigenvalue weighted by Gasteiger charge is -2.26. The first-order chi connectivity index (χ1) is 22.1. The van der Waals surface area contributed by atoms with Crippen LogP contribution in [0, 0.1) is 0 Å². The van der Waals surface area contributed by atoms with Crippen LogP contribution in [0.5, 0.6) is 5.75 Å². The molecule has 6 aromatic carbocycles. The van der Waals surface area contributed by atoms with Crippen molar-refractivity contribution in [2.24, 2.45) is 0 Å². The van der Waals surface area contributed by atoms with Gasteiger partial charge >= 0.3 is 0 Å². The summed E-state index contributed by atoms with van der Waals surface area (Å²) in [5.41, 5.74) is 13.1. The van der Waals surface area contributed by atoms with E-state index in [1.165, 1.54) is 66.1 Å². The van der Waals surface area contributed by atoms with Crippen molar-refractivity contribution in [2.75, 3.05) is 0 Å². The molecular weight excluding hydrogens is 544 g/mol. The third-order valence-corrected chi connectivity index (χ3v) is 10.4. The predicted molar refractivity (Wildman–Crippen MR) is 184 cm³/mol. The van der Waals surface area contributed by atoms with E-state index in [9.17, 15) is 0 Å². The summed E-state index contributed by atoms with van der Waals surface area (Å²) in [7, 11) is 0. The molecule has 0 aromatic heterocycles. The van der Waals surface area contributed by atoms with Gasteiger partial charge in [0.2, 0.25) is 0 Å². The molecule has 2 aliphatic carbocycles. The van der Waals surface area contributed by atoms with Crippen molar-refractivity contribution in [2.45, 2.75) is 37.2 Å². The Morgan fingerprint density at radius 3 is 2.02 bits per heavy atom. The van der Waals surface area contributed by atoms with Crippen molar-refractivity contribution < 1.29 is 4.74 Å². The second-order valence-electron chi connectivity index (χ2n) is 13.2. The molecule has 216 valence electrons. The van der Waals surface area contributed by atoms with E-state index in [0.29, 0.717) is 0 Å². The summed E-state index contributed by atoms with van der Waals surface area (Å²) in [5.74, 6) is 1.29. The Morgan fingerprint density at radius 2 is 1.24 bits per heavy atom. The van der Waals surface area contributed by atoms with Gasteiger partial charge in [0.05, 0.1) is 0 Å². The maximum atomic E-state index is 7.06. The molecule has 0 saturated carbocycles. The summed E-state index contributed by atoms with van der Waals surface area (Å²) < 4.78 is 7.06. The molecule has 0 radical (unpaired) electrons. The number of hydrogen-bond donors (Lipinski definition) is 0. The minimum absolute atomic E-state index is 0.0551. The molecule has 1 heteroatoms. The average Bonchev–Trinajstić information content (AvgIpc) is 3.55. The van der Waals surface area contributed by atoms with Crippen molar-refractivity contribution in [3.8, 4) is 16.9 Å². The molecule has 45 heavy (non-hydrogen) atoms. The third kappa shape index (κ3) is 4.00. The normalized spacial score (nSPS) is 18.2. The van der Waals surface area contributed by atoms with Crippen LogP contribution >= 0.6 is 0 Å². The molecule has 1 aliphatic heterocycles. The van der Waals surface area contributed by atoms with E-state index in [1.54, 1.807) is 0 Å². The number of benzene rings is 6. The van der Waals surface area contributed by atoms with Crippen LogP contribution in [0.25, 0.3) is 22.8 Å². The molecule has 1 heterocycles. The molecule has 9 rings (SSSR count). The average molecular weight is 579 g/mol. The smallest absolute Gasteiger partial charge is 0.135 e. The lowest BCUT2D eigenvalue weighted by molar-refractivity contribution is 0.281. The minimum Gasteiger partial charge on any atom is -0.484 e. The molecule has 3 aliphatic rings. The molecule has 6 aromatic rings. The van der Waals surface area contributed by atoms with Gasteiger partial charge in [0.15, 0.2) is 0 Å². The van der Waals surface area contributed by atoms with Crippen molar-refractivity contribution in [3.05, 3.63) is 195 Å². The molecule has 2 unspecified atom stereocenters. The summed E-state index contributed by atoms with van der Waals surface area (Å²) in [6.07, 6.45) is 2.34. The molecule has 0 fully saturated rings. The van der Waals surface area contributed by atoms with Gasteiger partial charge in [-0.1, -0.05) is 153 Å². The Labute approximate surface area is 264 Å². The zero-order valence-corrected chi connectivity index (χ0v) is 25.6. The van der Waals surface area contributed by atoms with Crippen LogP contribution in [-0.2, 0) is 5.41 Å². The van der Waals surface area contributed by atoms with Crippen molar-refractivity contribution in [1.82, 2.24) is 0 Å². The van der Waals surface area contributed by atoms with Crippen LogP contribution in [0.2, 0.25) is 0 Å². The standard InChI is InChI=1S/C44H34O/c1-44(2)38-20-12-11-19-34(38)35-23-21-31(26-39(35)44)42-33-18-10-9-17-30(33)25-37-36-24-22-32(27-40(36)45-43(37)42)41(28-13-5-3-6-14-28)29-15-7-4-8-16-29/h3-27,37,41,43H,1-2H3. The SMILES string of the molecule is CC1(C)c2ccccc2-c2ccc(C3=c4ccccc4=CC4c5ccc(C(c6ccccc6)c6ccccc6)cc5OC34)cc21. The highest BCUT2D eigenvalue weighted by molar-refractivity contribution is 5.84. The highest BCUT2D eigenvalue weighted by Gasteiger charge is 2.40. The Bertz CT molecular complexity index is 2190. The van der Waals surface area contributed by atoms with E-state index in [0.717, 1.165) is 5.75 Å². The van der Waals surface area contributed by atoms with E-state index >= 15 is 0 Å². The summed E-state index contributed by atoms with van der Waals surface area (Å²) in [5, 5.41) is 2.55. The van der Waals surface area contributed by atoms with Gasteiger partial charge < -0.3 is 4.74 Å². The monoisotopic (exact) mass is 578 g/mol. The van der Waals surface area contributed by atoms with Gasteiger partial charge in [0.1, 0.15) is 11.9 Å². The van der Waals surface area contributed by atoms with Crippen molar-refractivity contribution in [1.29, 1.82) is 0 Å². The second-order valence-corrected chi connectivity index (χ2v) is 13.2. The topological polar surface area (TPSA) is 9.23 Å². The Kier molecular flexibility index (Phi) is 5.80. The molecule has 0 saturated heterocycles. The first kappa shape index (κ1) is 26.3. The van der Waals surface area contributed by atoms with Gasteiger partial charge in [-0.05, 0) is 67.1 Å². The fourth-order valence-corrected chi connectivity index (χ4v) is 8.19. The third-order valence-electron chi connectivity index (χ3n) is 10.4. The first-order valence-corrected chi connectivity index (χ1v) is 16.0. The van der Waals surface area contributed by atoms with Crippen molar-refractivity contribution in [3.63, 3.8) is 0 Å². The second kappa shape index (κ2) is 9.94. The fraction of sp³-hybridized carbons (Fsp3) is 0.136. The zero-order valence-electron chi connectivity index (χ0n) is 25.6. The summed E-state index contributed by atoms with van der Waals surface area (Å²) >= 11 is 0. The molecular formula is C44H34O. The van der Waals surface area contributed by atoms with Crippen LogP contribution in [-0.4, -0.2) is 6.10 Å². The van der Waals surface area contributed by atoms with E-state index in [-0.39, 0.29) is 23.4 Å². The lowest BCUT2D eigenvalue weighted by atomic mass is 9.78. The zero-order chi connectivity index (χ0) is 30.1. The molecule has 0 bridgehead atoms. The van der Waals surface area contributed by atoms with Gasteiger partial charge in [-0.25, -0.2) is 0 Å². The fourth-order valence-electron chi connectivity index (χ4n) is 8.19. The lowest BCUT2D eigenvalue weighted by Crippen LogP contribution is -2.39. The van der Waals surface area contributed by atoms with Gasteiger partial charge in [-0.15, -0.1) is 0 Å². The maximum Gasteiger partial charge on any atom is 0.135 e. The summed E-state index contributed by atoms with van der Waals surface area (Å²) in [4.78, 5) is 0. The van der Waals surface area contributed by atoms with Gasteiger partial charge in [-0.2, -0.15) is 0 Å². The Hall–Kier alpha value is -5.14. The summed E-state index contributed by atoms with van der Waals surface area (Å²) in [6, 6.07) is 53.4. The highest BCUT2D eigenvalue weighted by Crippen LogP contribution is 2.51.